The Hall–Kier alpha value is -3.94. The van der Waals surface area contributed by atoms with Gasteiger partial charge in [-0.2, -0.15) is 4.72 Å². The average Bonchev–Trinajstić information content (AvgIpc) is 3.71. The minimum absolute atomic E-state index is 0.0267. The summed E-state index contributed by atoms with van der Waals surface area (Å²) in [6.07, 6.45) is 5.23. The zero-order chi connectivity index (χ0) is 30.9. The minimum Gasteiger partial charge on any atom is -0.464 e. The van der Waals surface area contributed by atoms with Crippen molar-refractivity contribution in [3.63, 3.8) is 0 Å². The summed E-state index contributed by atoms with van der Waals surface area (Å²) in [6.45, 7) is 8.77. The average molecular weight is 627 g/mol. The highest BCUT2D eigenvalue weighted by Crippen LogP contribution is 2.23. The van der Waals surface area contributed by atoms with Gasteiger partial charge in [-0.15, -0.1) is 0 Å². The van der Waals surface area contributed by atoms with Gasteiger partial charge in [0.2, 0.25) is 15.9 Å². The van der Waals surface area contributed by atoms with E-state index in [1.807, 2.05) is 27.7 Å². The van der Waals surface area contributed by atoms with Crippen LogP contribution in [0.5, 0.6) is 0 Å². The van der Waals surface area contributed by atoms with E-state index < -0.39 is 32.0 Å². The normalized spacial score (nSPS) is 13.3. The fourth-order valence-corrected chi connectivity index (χ4v) is 7.34. The smallest absolute Gasteiger partial charge is 0.268 e. The first-order chi connectivity index (χ1) is 20.3. The number of aromatic nitrogens is 2. The van der Waals surface area contributed by atoms with Gasteiger partial charge in [-0.25, -0.2) is 25.8 Å². The van der Waals surface area contributed by atoms with E-state index in [-0.39, 0.29) is 33.7 Å². The maximum Gasteiger partial charge on any atom is 0.268 e. The van der Waals surface area contributed by atoms with Gasteiger partial charge in [-0.05, 0) is 60.4 Å². The summed E-state index contributed by atoms with van der Waals surface area (Å²) >= 11 is 0. The predicted octanol–water partition coefficient (Wildman–Crippen LogP) is 4.64. The number of imidazole rings is 1. The number of benzene rings is 2. The molecule has 1 atom stereocenters. The van der Waals surface area contributed by atoms with Crippen molar-refractivity contribution in [3.8, 4) is 0 Å². The van der Waals surface area contributed by atoms with Gasteiger partial charge in [-0.1, -0.05) is 27.7 Å². The van der Waals surface area contributed by atoms with Crippen molar-refractivity contribution < 1.29 is 30.5 Å². The van der Waals surface area contributed by atoms with Crippen LogP contribution in [-0.4, -0.2) is 55.7 Å². The Morgan fingerprint density at radius 1 is 0.860 bits per heavy atom. The summed E-state index contributed by atoms with van der Waals surface area (Å²) in [6, 6.07) is 11.0. The molecule has 0 saturated carbocycles. The number of nitrogens with one attached hydrogen (secondary N) is 1. The molecular weight excluding hydrogens is 592 g/mol. The van der Waals surface area contributed by atoms with Crippen LogP contribution in [-0.2, 0) is 31.3 Å². The Labute approximate surface area is 250 Å². The number of hydrogen-bond donors (Lipinski definition) is 1. The molecule has 11 nitrogen and oxygen atoms in total. The molecule has 228 valence electrons. The maximum atomic E-state index is 13.9. The van der Waals surface area contributed by atoms with E-state index in [1.54, 1.807) is 29.2 Å². The fraction of sp³-hybridized carbons (Fsp3) is 0.333. The SMILES string of the molecule is CC(C)CN(CC(C)C)C(=O)[C@H](Cc1cn(S(=O)(=O)c2ccc3occc3c2)cn1)NS(=O)(=O)c1ccc2occc2c1. The van der Waals surface area contributed by atoms with Crippen LogP contribution < -0.4 is 4.72 Å². The van der Waals surface area contributed by atoms with Crippen LogP contribution in [0.4, 0.5) is 0 Å². The Morgan fingerprint density at radius 3 is 2.00 bits per heavy atom. The largest absolute Gasteiger partial charge is 0.464 e. The van der Waals surface area contributed by atoms with Crippen LogP contribution in [0.3, 0.4) is 0 Å². The number of carbonyl (C=O) groups is 1. The number of carbonyl (C=O) groups excluding carboxylic acids is 1. The highest BCUT2D eigenvalue weighted by molar-refractivity contribution is 7.90. The number of hydrogen-bond acceptors (Lipinski definition) is 8. The predicted molar refractivity (Wildman–Crippen MR) is 161 cm³/mol. The molecule has 0 aliphatic carbocycles. The molecule has 43 heavy (non-hydrogen) atoms. The van der Waals surface area contributed by atoms with Crippen molar-refractivity contribution in [1.82, 2.24) is 18.6 Å². The summed E-state index contributed by atoms with van der Waals surface area (Å²) in [4.78, 5) is 19.9. The van der Waals surface area contributed by atoms with Gasteiger partial charge in [0.25, 0.3) is 10.0 Å². The third-order valence-electron chi connectivity index (χ3n) is 6.84. The van der Waals surface area contributed by atoms with Crippen LogP contribution in [0.25, 0.3) is 21.9 Å². The van der Waals surface area contributed by atoms with E-state index in [1.165, 1.54) is 43.0 Å². The van der Waals surface area contributed by atoms with Gasteiger partial charge in [0.1, 0.15) is 23.5 Å². The molecule has 5 rings (SSSR count). The molecule has 3 heterocycles. The van der Waals surface area contributed by atoms with Crippen LogP contribution >= 0.6 is 0 Å². The Kier molecular flexibility index (Phi) is 8.50. The number of sulfonamides is 1. The number of furan rings is 2. The molecule has 0 saturated heterocycles. The van der Waals surface area contributed by atoms with Crippen molar-refractivity contribution in [2.24, 2.45) is 11.8 Å². The third kappa shape index (κ3) is 6.68. The van der Waals surface area contributed by atoms with Crippen LogP contribution in [0, 0.1) is 11.8 Å². The van der Waals surface area contributed by atoms with Gasteiger partial charge in [0.05, 0.1) is 28.0 Å². The molecule has 1 amide bonds. The number of rotatable bonds is 12. The second-order valence-corrected chi connectivity index (χ2v) is 14.9. The van der Waals surface area contributed by atoms with E-state index in [0.29, 0.717) is 35.0 Å². The van der Waals surface area contributed by atoms with Crippen molar-refractivity contribution in [3.05, 3.63) is 79.3 Å². The number of amides is 1. The molecule has 0 radical (unpaired) electrons. The standard InChI is InChI=1S/C30H34N4O7S2/c1-20(2)16-33(17-21(3)4)30(35)27(32-42(36,37)25-5-7-28-22(13-25)9-11-40-28)15-24-18-34(19-31-24)43(38,39)26-6-8-29-23(14-26)10-12-41-29/h5-14,18-21,27,32H,15-17H2,1-4H3/t27-/m0/s1. The van der Waals surface area contributed by atoms with Crippen molar-refractivity contribution in [2.45, 2.75) is 49.9 Å². The van der Waals surface area contributed by atoms with E-state index in [9.17, 15) is 21.6 Å². The van der Waals surface area contributed by atoms with Crippen LogP contribution in [0.1, 0.15) is 33.4 Å². The topological polar surface area (TPSA) is 145 Å². The van der Waals surface area contributed by atoms with Crippen LogP contribution in [0.15, 0.2) is 92.2 Å². The molecule has 0 spiro atoms. The summed E-state index contributed by atoms with van der Waals surface area (Å²) in [7, 11) is -8.18. The monoisotopic (exact) mass is 626 g/mol. The zero-order valence-electron chi connectivity index (χ0n) is 24.3. The van der Waals surface area contributed by atoms with E-state index in [0.717, 1.165) is 10.3 Å². The summed E-state index contributed by atoms with van der Waals surface area (Å²) in [5.74, 6) is -0.140. The first-order valence-electron chi connectivity index (χ1n) is 13.9. The Morgan fingerprint density at radius 2 is 1.42 bits per heavy atom. The lowest BCUT2D eigenvalue weighted by atomic mass is 10.1. The summed E-state index contributed by atoms with van der Waals surface area (Å²) in [5.41, 5.74) is 1.32. The maximum absolute atomic E-state index is 13.9. The molecule has 2 aromatic carbocycles. The van der Waals surface area contributed by atoms with Gasteiger partial charge in [0.15, 0.2) is 0 Å². The minimum atomic E-state index is -4.17. The van der Waals surface area contributed by atoms with Crippen molar-refractivity contribution in [2.75, 3.05) is 13.1 Å². The molecule has 0 bridgehead atoms. The van der Waals surface area contributed by atoms with E-state index >= 15 is 0 Å². The fourth-order valence-electron chi connectivity index (χ4n) is 4.92. The lowest BCUT2D eigenvalue weighted by Gasteiger charge is -2.30. The Balaban J connectivity index is 1.46. The third-order valence-corrected chi connectivity index (χ3v) is 9.91. The molecule has 5 aromatic rings. The van der Waals surface area contributed by atoms with Crippen molar-refractivity contribution >= 4 is 47.9 Å². The summed E-state index contributed by atoms with van der Waals surface area (Å²) < 4.78 is 68.1. The quantitative estimate of drug-likeness (QED) is 0.211. The van der Waals surface area contributed by atoms with Gasteiger partial charge in [-0.3, -0.25) is 4.79 Å². The molecule has 3 aromatic heterocycles. The molecule has 0 unspecified atom stereocenters. The lowest BCUT2D eigenvalue weighted by Crippen LogP contribution is -2.51. The van der Waals surface area contributed by atoms with Crippen molar-refractivity contribution in [1.29, 1.82) is 0 Å². The molecule has 0 aliphatic heterocycles. The second-order valence-electron chi connectivity index (χ2n) is 11.3. The Bertz CT molecular complexity index is 1960. The molecular formula is C30H34N4O7S2. The van der Waals surface area contributed by atoms with Crippen LogP contribution in [0.2, 0.25) is 0 Å². The van der Waals surface area contributed by atoms with E-state index in [4.69, 9.17) is 8.83 Å². The number of fused-ring (bicyclic) bond motifs is 2. The van der Waals surface area contributed by atoms with Gasteiger partial charge in [0, 0.05) is 36.5 Å². The highest BCUT2D eigenvalue weighted by atomic mass is 32.2. The number of nitrogens with zero attached hydrogens (tertiary/aromatic N) is 3. The molecule has 1 N–H and O–H groups in total. The molecule has 0 aliphatic rings. The van der Waals surface area contributed by atoms with E-state index in [2.05, 4.69) is 9.71 Å². The second kappa shape index (κ2) is 12.0. The van der Waals surface area contributed by atoms with Gasteiger partial charge >= 0.3 is 0 Å². The first-order valence-corrected chi connectivity index (χ1v) is 16.8. The lowest BCUT2D eigenvalue weighted by molar-refractivity contribution is -0.134. The highest BCUT2D eigenvalue weighted by Gasteiger charge is 2.31. The summed E-state index contributed by atoms with van der Waals surface area (Å²) in [5, 5.41) is 1.23. The molecule has 13 heteroatoms. The zero-order valence-corrected chi connectivity index (χ0v) is 25.9. The first kappa shape index (κ1) is 30.5. The molecule has 0 fully saturated rings. The van der Waals surface area contributed by atoms with Gasteiger partial charge < -0.3 is 13.7 Å².